The van der Waals surface area contributed by atoms with Crippen LogP contribution in [-0.4, -0.2) is 20.2 Å². The van der Waals surface area contributed by atoms with Gasteiger partial charge in [0, 0.05) is 21.8 Å². The van der Waals surface area contributed by atoms with Gasteiger partial charge in [0.1, 0.15) is 0 Å². The Morgan fingerprint density at radius 2 is 1.21 bits per heavy atom. The van der Waals surface area contributed by atoms with Gasteiger partial charge < -0.3 is 0 Å². The highest BCUT2D eigenvalue weighted by Gasteiger charge is 2.16. The number of carbonyl (C=O) groups is 2. The third kappa shape index (κ3) is 4.68. The molecule has 2 aromatic carbocycles. The molecule has 142 valence electrons. The van der Waals surface area contributed by atoms with Gasteiger partial charge in [0.05, 0.1) is 20.4 Å². The zero-order chi connectivity index (χ0) is 19.7. The van der Waals surface area contributed by atoms with Gasteiger partial charge in [-0.3, -0.25) is 9.59 Å². The molecule has 0 aliphatic rings. The number of fused-ring (bicyclic) bond motifs is 2. The molecule has 0 saturated carbocycles. The van der Waals surface area contributed by atoms with Crippen molar-refractivity contribution in [2.75, 3.05) is 0 Å². The number of aromatic nitrogens is 2. The quantitative estimate of drug-likeness (QED) is 0.236. The highest BCUT2D eigenvalue weighted by atomic mass is 79.9. The molecule has 4 aromatic rings. The van der Waals surface area contributed by atoms with Crippen molar-refractivity contribution in [2.45, 2.75) is 21.5 Å². The molecule has 4 rings (SSSR count). The number of rotatable bonds is 5. The zero-order valence-corrected chi connectivity index (χ0v) is 20.4. The third-order valence-corrected chi connectivity index (χ3v) is 9.67. The van der Waals surface area contributed by atoms with Gasteiger partial charge in [0.15, 0.2) is 18.9 Å². The standard InChI is InChI=1S/C18H10Br2N2O2S4/c19-9-3-1-5-11-15(9)27-17(21-11)25-13(23)7-8-14(24)26-18-22-12-6-2-4-10(20)16(12)28-18/h1-6H,7-8H2. The number of carbonyl (C=O) groups excluding carboxylic acids is 2. The first kappa shape index (κ1) is 20.5. The van der Waals surface area contributed by atoms with Crippen molar-refractivity contribution in [3.8, 4) is 0 Å². The molecule has 0 bridgehead atoms. The van der Waals surface area contributed by atoms with E-state index in [4.69, 9.17) is 0 Å². The molecular weight excluding hydrogens is 564 g/mol. The molecule has 0 amide bonds. The molecule has 0 atom stereocenters. The predicted molar refractivity (Wildman–Crippen MR) is 126 cm³/mol. The first-order chi connectivity index (χ1) is 13.5. The lowest BCUT2D eigenvalue weighted by atomic mass is 10.3. The molecule has 0 aliphatic carbocycles. The lowest BCUT2D eigenvalue weighted by molar-refractivity contribution is -0.115. The predicted octanol–water partition coefficient (Wildman–Crippen LogP) is 7.15. The minimum Gasteiger partial charge on any atom is -0.287 e. The number of thioether (sulfide) groups is 2. The highest BCUT2D eigenvalue weighted by Crippen LogP contribution is 2.36. The van der Waals surface area contributed by atoms with E-state index in [0.29, 0.717) is 8.68 Å². The van der Waals surface area contributed by atoms with Gasteiger partial charge in [0.2, 0.25) is 0 Å². The molecule has 2 aromatic heterocycles. The summed E-state index contributed by atoms with van der Waals surface area (Å²) in [7, 11) is 0. The van der Waals surface area contributed by atoms with Crippen LogP contribution in [0.3, 0.4) is 0 Å². The maximum atomic E-state index is 12.3. The third-order valence-electron chi connectivity index (χ3n) is 3.63. The summed E-state index contributed by atoms with van der Waals surface area (Å²) in [6.07, 6.45) is 0.365. The lowest BCUT2D eigenvalue weighted by Crippen LogP contribution is -1.97. The SMILES string of the molecule is O=C(CCC(=O)Sc1nc2cccc(Br)c2s1)Sc1nc2cccc(Br)c2s1. The van der Waals surface area contributed by atoms with E-state index in [0.717, 1.165) is 52.9 Å². The fourth-order valence-electron chi connectivity index (χ4n) is 2.38. The summed E-state index contributed by atoms with van der Waals surface area (Å²) in [6, 6.07) is 11.6. The van der Waals surface area contributed by atoms with E-state index in [1.54, 1.807) is 0 Å². The molecule has 0 fully saturated rings. The van der Waals surface area contributed by atoms with E-state index in [1.165, 1.54) is 22.7 Å². The minimum absolute atomic E-state index is 0.0591. The van der Waals surface area contributed by atoms with Crippen LogP contribution in [0.4, 0.5) is 0 Å². The molecule has 28 heavy (non-hydrogen) atoms. The number of nitrogens with zero attached hydrogens (tertiary/aromatic N) is 2. The van der Waals surface area contributed by atoms with Gasteiger partial charge in [-0.15, -0.1) is 22.7 Å². The average molecular weight is 574 g/mol. The Kier molecular flexibility index (Phi) is 6.53. The molecule has 10 heteroatoms. The number of hydrogen-bond donors (Lipinski definition) is 0. The van der Waals surface area contributed by atoms with Crippen molar-refractivity contribution < 1.29 is 9.59 Å². The molecule has 4 nitrogen and oxygen atoms in total. The van der Waals surface area contributed by atoms with Crippen molar-refractivity contribution in [3.05, 3.63) is 45.3 Å². The number of hydrogen-bond acceptors (Lipinski definition) is 8. The van der Waals surface area contributed by atoms with Gasteiger partial charge in [-0.2, -0.15) is 0 Å². The van der Waals surface area contributed by atoms with E-state index in [9.17, 15) is 9.59 Å². The van der Waals surface area contributed by atoms with Crippen molar-refractivity contribution in [2.24, 2.45) is 0 Å². The van der Waals surface area contributed by atoms with Crippen LogP contribution in [0, 0.1) is 0 Å². The van der Waals surface area contributed by atoms with Crippen LogP contribution in [0.2, 0.25) is 0 Å². The Labute approximate surface area is 193 Å². The lowest BCUT2D eigenvalue weighted by Gasteiger charge is -1.97. The van der Waals surface area contributed by atoms with E-state index in [1.807, 2.05) is 36.4 Å². The van der Waals surface area contributed by atoms with Crippen LogP contribution in [0.5, 0.6) is 0 Å². The summed E-state index contributed by atoms with van der Waals surface area (Å²) < 4.78 is 5.37. The second kappa shape index (κ2) is 8.93. The summed E-state index contributed by atoms with van der Waals surface area (Å²) in [5.74, 6) is 0. The summed E-state index contributed by atoms with van der Waals surface area (Å²) in [4.78, 5) is 33.4. The van der Waals surface area contributed by atoms with Gasteiger partial charge in [0.25, 0.3) is 0 Å². The average Bonchev–Trinajstić information content (AvgIpc) is 3.25. The second-order valence-corrected chi connectivity index (χ2v) is 11.9. The molecule has 0 N–H and O–H groups in total. The summed E-state index contributed by atoms with van der Waals surface area (Å²) >= 11 is 12.1. The number of halogens is 2. The van der Waals surface area contributed by atoms with E-state index in [2.05, 4.69) is 41.8 Å². The van der Waals surface area contributed by atoms with E-state index in [-0.39, 0.29) is 23.1 Å². The molecular formula is C18H10Br2N2O2S4. The highest BCUT2D eigenvalue weighted by molar-refractivity contribution is 9.11. The van der Waals surface area contributed by atoms with Gasteiger partial charge >= 0.3 is 0 Å². The number of thiazole rings is 2. The fourth-order valence-corrected chi connectivity index (χ4v) is 7.46. The summed E-state index contributed by atoms with van der Waals surface area (Å²) in [5.41, 5.74) is 1.73. The zero-order valence-electron chi connectivity index (χ0n) is 14.0. The van der Waals surface area contributed by atoms with Crippen molar-refractivity contribution in [1.82, 2.24) is 9.97 Å². The fraction of sp³-hybridized carbons (Fsp3) is 0.111. The van der Waals surface area contributed by atoms with Crippen LogP contribution in [0.25, 0.3) is 20.4 Å². The van der Waals surface area contributed by atoms with Crippen molar-refractivity contribution in [3.63, 3.8) is 0 Å². The molecule has 2 heterocycles. The van der Waals surface area contributed by atoms with Crippen LogP contribution in [0.1, 0.15) is 12.8 Å². The number of benzene rings is 2. The maximum absolute atomic E-state index is 12.3. The van der Waals surface area contributed by atoms with E-state index >= 15 is 0 Å². The molecule has 0 saturated heterocycles. The Hall–Kier alpha value is -0.780. The Bertz CT molecular complexity index is 1110. The normalized spacial score (nSPS) is 11.4. The first-order valence-corrected chi connectivity index (χ1v) is 12.9. The van der Waals surface area contributed by atoms with Crippen LogP contribution in [0.15, 0.2) is 54.0 Å². The largest absolute Gasteiger partial charge is 0.287 e. The van der Waals surface area contributed by atoms with Crippen LogP contribution < -0.4 is 0 Å². The molecule has 0 unspecified atom stereocenters. The summed E-state index contributed by atoms with van der Waals surface area (Å²) in [5, 5.41) is -0.118. The topological polar surface area (TPSA) is 59.9 Å². The Morgan fingerprint density at radius 1 is 0.786 bits per heavy atom. The minimum atomic E-state index is -0.0591. The monoisotopic (exact) mass is 572 g/mol. The van der Waals surface area contributed by atoms with Crippen LogP contribution >= 0.6 is 78.1 Å². The molecule has 0 aliphatic heterocycles. The van der Waals surface area contributed by atoms with E-state index < -0.39 is 0 Å². The van der Waals surface area contributed by atoms with Crippen LogP contribution in [-0.2, 0) is 9.59 Å². The Balaban J connectivity index is 1.33. The summed E-state index contributed by atoms with van der Waals surface area (Å²) in [6.45, 7) is 0. The maximum Gasteiger partial charge on any atom is 0.196 e. The smallest absolute Gasteiger partial charge is 0.196 e. The molecule has 0 spiro atoms. The van der Waals surface area contributed by atoms with Crippen molar-refractivity contribution in [1.29, 1.82) is 0 Å². The van der Waals surface area contributed by atoms with Gasteiger partial charge in [-0.25, -0.2) is 9.97 Å². The first-order valence-electron chi connectivity index (χ1n) is 8.01. The van der Waals surface area contributed by atoms with Gasteiger partial charge in [-0.05, 0) is 79.6 Å². The Morgan fingerprint density at radius 3 is 1.61 bits per heavy atom. The van der Waals surface area contributed by atoms with Crippen molar-refractivity contribution >= 4 is 109 Å². The molecule has 0 radical (unpaired) electrons. The second-order valence-electron chi connectivity index (χ2n) is 5.58. The van der Waals surface area contributed by atoms with Gasteiger partial charge in [-0.1, -0.05) is 12.1 Å².